The molecule has 4 nitrogen and oxygen atoms in total. The van der Waals surface area contributed by atoms with Gasteiger partial charge in [-0.2, -0.15) is 0 Å². The van der Waals surface area contributed by atoms with Gasteiger partial charge in [-0.3, -0.25) is 0 Å². The van der Waals surface area contributed by atoms with Crippen molar-refractivity contribution in [2.75, 3.05) is 11.9 Å². The minimum absolute atomic E-state index is 0.553. The average molecular weight is 354 g/mol. The zero-order valence-corrected chi connectivity index (χ0v) is 12.3. The van der Waals surface area contributed by atoms with Crippen molar-refractivity contribution < 1.29 is 0 Å². The van der Waals surface area contributed by atoms with Crippen LogP contribution in [0.15, 0.2) is 36.7 Å². The van der Waals surface area contributed by atoms with Crippen LogP contribution in [0.3, 0.4) is 0 Å². The summed E-state index contributed by atoms with van der Waals surface area (Å²) in [6.07, 6.45) is 3.63. The zero-order chi connectivity index (χ0) is 13.0. The van der Waals surface area contributed by atoms with Crippen LogP contribution in [0.2, 0.25) is 0 Å². The van der Waals surface area contributed by atoms with E-state index in [1.165, 1.54) is 5.56 Å². The predicted octanol–water partition coefficient (Wildman–Crippen LogP) is 2.18. The van der Waals surface area contributed by atoms with Gasteiger partial charge in [0, 0.05) is 36.1 Å². The van der Waals surface area contributed by atoms with E-state index in [1.54, 1.807) is 0 Å². The highest BCUT2D eigenvalue weighted by molar-refractivity contribution is 14.1. The normalized spacial score (nSPS) is 10.4. The van der Waals surface area contributed by atoms with Crippen LogP contribution in [0.5, 0.6) is 0 Å². The molecule has 1 aromatic carbocycles. The summed E-state index contributed by atoms with van der Waals surface area (Å²) >= 11 is 2.19. The van der Waals surface area contributed by atoms with Crippen LogP contribution < -0.4 is 10.6 Å². The molecule has 0 saturated heterocycles. The third-order valence-corrected chi connectivity index (χ3v) is 3.25. The molecule has 0 atom stereocenters. The fraction of sp³-hybridized carbons (Fsp3) is 0.231. The van der Waals surface area contributed by atoms with Crippen LogP contribution in [-0.2, 0) is 13.1 Å². The lowest BCUT2D eigenvalue weighted by Gasteiger charge is -2.18. The summed E-state index contributed by atoms with van der Waals surface area (Å²) in [5, 5.41) is 0. The number of benzene rings is 1. The number of aromatic nitrogens is 2. The van der Waals surface area contributed by atoms with Crippen LogP contribution in [0.1, 0.15) is 11.1 Å². The van der Waals surface area contributed by atoms with Crippen LogP contribution in [0.4, 0.5) is 5.95 Å². The molecular weight excluding hydrogens is 339 g/mol. The van der Waals surface area contributed by atoms with Crippen molar-refractivity contribution in [2.45, 2.75) is 13.1 Å². The fourth-order valence-corrected chi connectivity index (χ4v) is 2.02. The highest BCUT2D eigenvalue weighted by Crippen LogP contribution is 2.14. The summed E-state index contributed by atoms with van der Waals surface area (Å²) in [5.74, 6) is 0.724. The quantitative estimate of drug-likeness (QED) is 0.856. The van der Waals surface area contributed by atoms with Crippen LogP contribution >= 0.6 is 22.6 Å². The number of rotatable bonds is 4. The number of hydrogen-bond donors (Lipinski definition) is 1. The second kappa shape index (κ2) is 6.10. The topological polar surface area (TPSA) is 55.0 Å². The summed E-state index contributed by atoms with van der Waals surface area (Å²) in [6.45, 7) is 1.31. The van der Waals surface area contributed by atoms with Gasteiger partial charge in [0.05, 0.1) is 0 Å². The molecule has 0 saturated carbocycles. The maximum atomic E-state index is 5.73. The van der Waals surface area contributed by atoms with E-state index in [-0.39, 0.29) is 0 Å². The highest BCUT2D eigenvalue weighted by atomic mass is 127. The lowest BCUT2D eigenvalue weighted by atomic mass is 10.1. The second-order valence-electron chi connectivity index (χ2n) is 4.03. The lowest BCUT2D eigenvalue weighted by molar-refractivity contribution is 0.849. The van der Waals surface area contributed by atoms with Crippen molar-refractivity contribution in [3.8, 4) is 0 Å². The minimum Gasteiger partial charge on any atom is -0.340 e. The van der Waals surface area contributed by atoms with Crippen molar-refractivity contribution in [3.63, 3.8) is 0 Å². The summed E-state index contributed by atoms with van der Waals surface area (Å²) < 4.78 is 1.03. The van der Waals surface area contributed by atoms with Gasteiger partial charge >= 0.3 is 0 Å². The Morgan fingerprint density at radius 2 is 1.78 bits per heavy atom. The van der Waals surface area contributed by atoms with Crippen LogP contribution in [0.25, 0.3) is 0 Å². The van der Waals surface area contributed by atoms with Gasteiger partial charge < -0.3 is 10.6 Å². The maximum Gasteiger partial charge on any atom is 0.225 e. The van der Waals surface area contributed by atoms with Crippen molar-refractivity contribution >= 4 is 28.5 Å². The van der Waals surface area contributed by atoms with E-state index >= 15 is 0 Å². The van der Waals surface area contributed by atoms with E-state index in [9.17, 15) is 0 Å². The zero-order valence-electron chi connectivity index (χ0n) is 10.2. The van der Waals surface area contributed by atoms with Crippen LogP contribution in [-0.4, -0.2) is 17.0 Å². The van der Waals surface area contributed by atoms with E-state index < -0.39 is 0 Å². The van der Waals surface area contributed by atoms with Crippen molar-refractivity contribution in [1.82, 2.24) is 9.97 Å². The molecule has 0 spiro atoms. The van der Waals surface area contributed by atoms with Crippen molar-refractivity contribution in [3.05, 3.63) is 51.4 Å². The molecule has 94 valence electrons. The minimum atomic E-state index is 0.553. The number of halogens is 1. The maximum absolute atomic E-state index is 5.73. The largest absolute Gasteiger partial charge is 0.340 e. The lowest BCUT2D eigenvalue weighted by Crippen LogP contribution is -2.20. The molecule has 0 aliphatic carbocycles. The van der Waals surface area contributed by atoms with Gasteiger partial charge in [0.25, 0.3) is 0 Å². The van der Waals surface area contributed by atoms with Gasteiger partial charge in [0.1, 0.15) is 0 Å². The second-order valence-corrected chi connectivity index (χ2v) is 5.28. The molecule has 0 radical (unpaired) electrons. The first-order valence-electron chi connectivity index (χ1n) is 5.66. The van der Waals surface area contributed by atoms with Crippen molar-refractivity contribution in [2.24, 2.45) is 5.73 Å². The molecule has 2 aromatic rings. The standard InChI is InChI=1S/C13H15IN4/c1-18(13-16-7-12(14)8-17-13)9-11-5-3-2-4-10(11)6-15/h2-5,7-8H,6,9,15H2,1H3. The monoisotopic (exact) mass is 354 g/mol. The summed E-state index contributed by atoms with van der Waals surface area (Å²) in [5.41, 5.74) is 8.11. The van der Waals surface area contributed by atoms with E-state index in [2.05, 4.69) is 44.7 Å². The van der Waals surface area contributed by atoms with E-state index in [0.717, 1.165) is 21.6 Å². The molecule has 1 aromatic heterocycles. The van der Waals surface area contributed by atoms with E-state index in [0.29, 0.717) is 6.54 Å². The first kappa shape index (κ1) is 13.2. The fourth-order valence-electron chi connectivity index (χ4n) is 1.74. The Morgan fingerprint density at radius 1 is 1.17 bits per heavy atom. The molecule has 0 bridgehead atoms. The molecule has 2 N–H and O–H groups in total. The van der Waals surface area contributed by atoms with Gasteiger partial charge in [-0.05, 0) is 33.7 Å². The summed E-state index contributed by atoms with van der Waals surface area (Å²) in [4.78, 5) is 10.6. The van der Waals surface area contributed by atoms with Crippen LogP contribution in [0, 0.1) is 3.57 Å². The summed E-state index contributed by atoms with van der Waals surface area (Å²) in [7, 11) is 1.98. The molecule has 0 unspecified atom stereocenters. The molecule has 2 rings (SSSR count). The Labute approximate surface area is 120 Å². The van der Waals surface area contributed by atoms with Gasteiger partial charge in [-0.1, -0.05) is 24.3 Å². The molecule has 18 heavy (non-hydrogen) atoms. The first-order valence-corrected chi connectivity index (χ1v) is 6.74. The number of nitrogens with two attached hydrogens (primary N) is 1. The number of anilines is 1. The molecule has 0 aliphatic rings. The Balaban J connectivity index is 2.15. The number of nitrogens with zero attached hydrogens (tertiary/aromatic N) is 3. The smallest absolute Gasteiger partial charge is 0.225 e. The Kier molecular flexibility index (Phi) is 4.48. The Bertz CT molecular complexity index is 513. The molecule has 1 heterocycles. The first-order chi connectivity index (χ1) is 8.70. The summed E-state index contributed by atoms with van der Waals surface area (Å²) in [6, 6.07) is 8.17. The Hall–Kier alpha value is -1.21. The average Bonchev–Trinajstić information content (AvgIpc) is 2.40. The van der Waals surface area contributed by atoms with Gasteiger partial charge in [0.2, 0.25) is 5.95 Å². The SMILES string of the molecule is CN(Cc1ccccc1CN)c1ncc(I)cn1. The molecule has 5 heteroatoms. The molecular formula is C13H15IN4. The third kappa shape index (κ3) is 3.17. The Morgan fingerprint density at radius 3 is 2.39 bits per heavy atom. The highest BCUT2D eigenvalue weighted by Gasteiger charge is 2.07. The van der Waals surface area contributed by atoms with Gasteiger partial charge in [-0.25, -0.2) is 9.97 Å². The molecule has 0 amide bonds. The molecule has 0 fully saturated rings. The van der Waals surface area contributed by atoms with Gasteiger partial charge in [0.15, 0.2) is 0 Å². The van der Waals surface area contributed by atoms with E-state index in [1.807, 2.05) is 36.5 Å². The predicted molar refractivity (Wildman–Crippen MR) is 81.2 cm³/mol. The third-order valence-electron chi connectivity index (χ3n) is 2.69. The molecule has 0 aliphatic heterocycles. The number of hydrogen-bond acceptors (Lipinski definition) is 4. The van der Waals surface area contributed by atoms with Gasteiger partial charge in [-0.15, -0.1) is 0 Å². The van der Waals surface area contributed by atoms with E-state index in [4.69, 9.17) is 5.73 Å². The van der Waals surface area contributed by atoms with Crippen molar-refractivity contribution in [1.29, 1.82) is 0 Å².